The Hall–Kier alpha value is -3.42. The number of likely N-dealkylation sites (tertiary alicyclic amines) is 1. The third-order valence-electron chi connectivity index (χ3n) is 5.49. The lowest BCUT2D eigenvalue weighted by Gasteiger charge is -2.20. The van der Waals surface area contributed by atoms with E-state index in [1.54, 1.807) is 21.4 Å². The van der Waals surface area contributed by atoms with Crippen LogP contribution in [0.4, 0.5) is 4.39 Å². The highest BCUT2D eigenvalue weighted by atomic mass is 19.1. The molecule has 1 aliphatic heterocycles. The standard InChI is InChI=1S/C23H26FN5O2/c24-18-7-9-19(10-8-18)29-23(28-15-5-6-16-28)20(17-26-29)22(31)25-12-11-21(30)27-13-3-1-2-4-14-27/h5-10,15-17H,1-4,11-14H2,(H,25,31). The van der Waals surface area contributed by atoms with E-state index < -0.39 is 0 Å². The summed E-state index contributed by atoms with van der Waals surface area (Å²) in [7, 11) is 0. The first-order valence-corrected chi connectivity index (χ1v) is 10.7. The smallest absolute Gasteiger partial charge is 0.256 e. The summed E-state index contributed by atoms with van der Waals surface area (Å²) in [5.41, 5.74) is 1.02. The van der Waals surface area contributed by atoms with E-state index in [-0.39, 0.29) is 30.6 Å². The van der Waals surface area contributed by atoms with E-state index in [1.807, 2.05) is 29.4 Å². The molecule has 0 aliphatic carbocycles. The normalized spacial score (nSPS) is 14.3. The molecule has 2 aromatic heterocycles. The number of hydrogen-bond donors (Lipinski definition) is 1. The molecule has 7 nitrogen and oxygen atoms in total. The first kappa shape index (κ1) is 20.8. The molecule has 162 valence electrons. The highest BCUT2D eigenvalue weighted by Crippen LogP contribution is 2.20. The number of carbonyl (C=O) groups excluding carboxylic acids is 2. The minimum atomic E-state index is -0.342. The van der Waals surface area contributed by atoms with Crippen LogP contribution in [-0.4, -0.2) is 50.7 Å². The van der Waals surface area contributed by atoms with Crippen molar-refractivity contribution in [3.63, 3.8) is 0 Å². The van der Waals surface area contributed by atoms with Crippen molar-refractivity contribution in [3.8, 4) is 11.5 Å². The second-order valence-electron chi connectivity index (χ2n) is 7.66. The second-order valence-corrected chi connectivity index (χ2v) is 7.66. The molecule has 31 heavy (non-hydrogen) atoms. The van der Waals surface area contributed by atoms with Gasteiger partial charge in [-0.15, -0.1) is 0 Å². The Balaban J connectivity index is 1.48. The molecule has 1 saturated heterocycles. The maximum absolute atomic E-state index is 13.3. The van der Waals surface area contributed by atoms with Gasteiger partial charge in [0.2, 0.25) is 5.91 Å². The van der Waals surface area contributed by atoms with Crippen LogP contribution in [0, 0.1) is 5.82 Å². The van der Waals surface area contributed by atoms with Gasteiger partial charge in [0.05, 0.1) is 11.9 Å². The number of nitrogens with one attached hydrogen (secondary N) is 1. The third-order valence-corrected chi connectivity index (χ3v) is 5.49. The first-order chi connectivity index (χ1) is 15.1. The Morgan fingerprint density at radius 3 is 2.35 bits per heavy atom. The van der Waals surface area contributed by atoms with Gasteiger partial charge in [-0.1, -0.05) is 12.8 Å². The summed E-state index contributed by atoms with van der Waals surface area (Å²) in [6.45, 7) is 1.87. The number of hydrogen-bond acceptors (Lipinski definition) is 3. The van der Waals surface area contributed by atoms with Crippen molar-refractivity contribution in [2.24, 2.45) is 0 Å². The summed E-state index contributed by atoms with van der Waals surface area (Å²) in [6, 6.07) is 9.62. The van der Waals surface area contributed by atoms with Crippen molar-refractivity contribution in [3.05, 3.63) is 66.4 Å². The van der Waals surface area contributed by atoms with Gasteiger partial charge in [0, 0.05) is 38.4 Å². The van der Waals surface area contributed by atoms with Crippen LogP contribution in [0.3, 0.4) is 0 Å². The van der Waals surface area contributed by atoms with Gasteiger partial charge in [-0.05, 0) is 49.2 Å². The summed E-state index contributed by atoms with van der Waals surface area (Å²) < 4.78 is 16.7. The zero-order valence-electron chi connectivity index (χ0n) is 17.3. The summed E-state index contributed by atoms with van der Waals surface area (Å²) in [4.78, 5) is 27.3. The Morgan fingerprint density at radius 1 is 1.00 bits per heavy atom. The van der Waals surface area contributed by atoms with Crippen molar-refractivity contribution < 1.29 is 14.0 Å². The monoisotopic (exact) mass is 423 g/mol. The van der Waals surface area contributed by atoms with E-state index in [0.717, 1.165) is 25.9 Å². The van der Waals surface area contributed by atoms with Crippen LogP contribution in [0.25, 0.3) is 11.5 Å². The molecule has 0 atom stereocenters. The fourth-order valence-corrected chi connectivity index (χ4v) is 3.85. The zero-order chi connectivity index (χ0) is 21.6. The van der Waals surface area contributed by atoms with Crippen LogP contribution in [-0.2, 0) is 4.79 Å². The number of benzene rings is 1. The van der Waals surface area contributed by atoms with Crippen LogP contribution in [0.5, 0.6) is 0 Å². The van der Waals surface area contributed by atoms with Gasteiger partial charge in [0.1, 0.15) is 11.4 Å². The molecule has 1 aromatic carbocycles. The summed E-state index contributed by atoms with van der Waals surface area (Å²) in [6.07, 6.45) is 9.82. The van der Waals surface area contributed by atoms with Crippen molar-refractivity contribution >= 4 is 11.8 Å². The van der Waals surface area contributed by atoms with Crippen molar-refractivity contribution in [1.82, 2.24) is 24.6 Å². The molecule has 0 spiro atoms. The molecule has 3 aromatic rings. The maximum Gasteiger partial charge on any atom is 0.256 e. The number of halogens is 1. The highest BCUT2D eigenvalue weighted by molar-refractivity contribution is 5.97. The lowest BCUT2D eigenvalue weighted by atomic mass is 10.2. The molecule has 0 radical (unpaired) electrons. The summed E-state index contributed by atoms with van der Waals surface area (Å²) in [5, 5.41) is 7.21. The minimum Gasteiger partial charge on any atom is -0.351 e. The van der Waals surface area contributed by atoms with E-state index in [4.69, 9.17) is 0 Å². The van der Waals surface area contributed by atoms with Crippen LogP contribution in [0.1, 0.15) is 42.5 Å². The fourth-order valence-electron chi connectivity index (χ4n) is 3.85. The summed E-state index contributed by atoms with van der Waals surface area (Å²) in [5.74, 6) is -0.0195. The molecular formula is C23H26FN5O2. The molecule has 4 rings (SSSR count). The maximum atomic E-state index is 13.3. The topological polar surface area (TPSA) is 72.2 Å². The molecule has 1 N–H and O–H groups in total. The predicted molar refractivity (Wildman–Crippen MR) is 115 cm³/mol. The Morgan fingerprint density at radius 2 is 1.68 bits per heavy atom. The van der Waals surface area contributed by atoms with Crippen molar-refractivity contribution in [1.29, 1.82) is 0 Å². The van der Waals surface area contributed by atoms with E-state index in [2.05, 4.69) is 10.4 Å². The van der Waals surface area contributed by atoms with Crippen molar-refractivity contribution in [2.45, 2.75) is 32.1 Å². The van der Waals surface area contributed by atoms with E-state index in [9.17, 15) is 14.0 Å². The molecule has 8 heteroatoms. The third kappa shape index (κ3) is 4.84. The number of rotatable bonds is 6. The van der Waals surface area contributed by atoms with Crippen LogP contribution in [0.15, 0.2) is 55.0 Å². The molecule has 1 fully saturated rings. The average Bonchev–Trinajstić information content (AvgIpc) is 3.37. The number of aromatic nitrogens is 3. The lowest BCUT2D eigenvalue weighted by molar-refractivity contribution is -0.131. The van der Waals surface area contributed by atoms with Gasteiger partial charge in [0.25, 0.3) is 5.91 Å². The van der Waals surface area contributed by atoms with Gasteiger partial charge >= 0.3 is 0 Å². The molecule has 0 bridgehead atoms. The average molecular weight is 423 g/mol. The Bertz CT molecular complexity index is 1020. The van der Waals surface area contributed by atoms with Gasteiger partial charge in [-0.25, -0.2) is 9.07 Å². The van der Waals surface area contributed by atoms with Gasteiger partial charge in [-0.2, -0.15) is 5.10 Å². The first-order valence-electron chi connectivity index (χ1n) is 10.7. The van der Waals surface area contributed by atoms with Gasteiger partial charge in [-0.3, -0.25) is 9.59 Å². The molecule has 0 saturated carbocycles. The van der Waals surface area contributed by atoms with Gasteiger partial charge < -0.3 is 14.8 Å². The Kier molecular flexibility index (Phi) is 6.45. The SMILES string of the molecule is O=C(NCCC(=O)N1CCCCCC1)c1cnn(-c2ccc(F)cc2)c1-n1cccc1. The van der Waals surface area contributed by atoms with Crippen molar-refractivity contribution in [2.75, 3.05) is 19.6 Å². The molecule has 2 amide bonds. The van der Waals surface area contributed by atoms with Crippen LogP contribution < -0.4 is 5.32 Å². The number of amides is 2. The van der Waals surface area contributed by atoms with E-state index >= 15 is 0 Å². The molecular weight excluding hydrogens is 397 g/mol. The van der Waals surface area contributed by atoms with Gasteiger partial charge in [0.15, 0.2) is 5.82 Å². The lowest BCUT2D eigenvalue weighted by Crippen LogP contribution is -2.35. The molecule has 3 heterocycles. The minimum absolute atomic E-state index is 0.0786. The predicted octanol–water partition coefficient (Wildman–Crippen LogP) is 3.32. The Labute approximate surface area is 180 Å². The number of nitrogens with zero attached hydrogens (tertiary/aromatic N) is 4. The molecule has 1 aliphatic rings. The van der Waals surface area contributed by atoms with Crippen LogP contribution >= 0.6 is 0 Å². The van der Waals surface area contributed by atoms with E-state index in [0.29, 0.717) is 17.1 Å². The summed E-state index contributed by atoms with van der Waals surface area (Å²) >= 11 is 0. The highest BCUT2D eigenvalue weighted by Gasteiger charge is 2.21. The quantitative estimate of drug-likeness (QED) is 0.661. The number of carbonyl (C=O) groups is 2. The van der Waals surface area contributed by atoms with Crippen LogP contribution in [0.2, 0.25) is 0 Å². The molecule has 0 unspecified atom stereocenters. The largest absolute Gasteiger partial charge is 0.351 e. The second kappa shape index (κ2) is 9.59. The fraction of sp³-hybridized carbons (Fsp3) is 0.348. The zero-order valence-corrected chi connectivity index (χ0v) is 17.3. The van der Waals surface area contributed by atoms with E-state index in [1.165, 1.54) is 31.2 Å².